The third kappa shape index (κ3) is 17.9. The lowest BCUT2D eigenvalue weighted by molar-refractivity contribution is 0.111. The quantitative estimate of drug-likeness (QED) is 0.0309. The van der Waals surface area contributed by atoms with Crippen molar-refractivity contribution in [2.75, 3.05) is 95.0 Å². The van der Waals surface area contributed by atoms with Gasteiger partial charge in [-0.1, -0.05) is 107 Å². The average Bonchev–Trinajstić information content (AvgIpc) is 1.59. The van der Waals surface area contributed by atoms with Crippen LogP contribution < -0.4 is 16.0 Å². The van der Waals surface area contributed by atoms with Gasteiger partial charge in [-0.2, -0.15) is 19.3 Å². The normalized spacial score (nSPS) is 22.5. The Hall–Kier alpha value is -7.48. The first-order chi connectivity index (χ1) is 52.7. The van der Waals surface area contributed by atoms with Gasteiger partial charge < -0.3 is 49.9 Å². The number of nitrogens with zero attached hydrogens (tertiary/aromatic N) is 13. The van der Waals surface area contributed by atoms with E-state index < -0.39 is 15.8 Å². The Morgan fingerprint density at radius 1 is 0.481 bits per heavy atom. The third-order valence-electron chi connectivity index (χ3n) is 24.2. The number of rotatable bonds is 24. The molecule has 3 aliphatic heterocycles. The van der Waals surface area contributed by atoms with E-state index in [0.717, 1.165) is 214 Å². The maximum Gasteiger partial charge on any atom is 0.243 e. The largest absolute Gasteiger partial charge is 0.393 e. The SMILES string of the molecule is CCCCNc1ncc2c(-c3ccc(C4(N5CCCCC5)CC4)cc3)cn(C3CCC(O)CC3)c2n1.CCCCNc1ncc2c(-c3ccc(CN4CCN(C)CC4)cc3)cn(C3CCC(O)CC3)c2n1.CCCCNc1ncc2c(-c3ccc(S(=O)(=O)N4CCCCC4)cc3F)cn(C3CCC(O)CC3)c2n1. The molecule has 3 saturated heterocycles. The first-order valence-electron chi connectivity index (χ1n) is 41.2. The zero-order chi connectivity index (χ0) is 74.7. The van der Waals surface area contributed by atoms with E-state index in [2.05, 4.69) is 148 Å². The number of likely N-dealkylation sites (tertiary alicyclic amines) is 1. The molecule has 16 rings (SSSR count). The number of nitrogens with one attached hydrogen (secondary N) is 3. The molecule has 0 spiro atoms. The van der Waals surface area contributed by atoms with Gasteiger partial charge in [0.2, 0.25) is 27.9 Å². The number of halogens is 1. The summed E-state index contributed by atoms with van der Waals surface area (Å²) < 4.78 is 50.0. The first-order valence-corrected chi connectivity index (χ1v) is 42.7. The van der Waals surface area contributed by atoms with Crippen LogP contribution in [0.4, 0.5) is 22.2 Å². The number of benzene rings is 3. The van der Waals surface area contributed by atoms with Crippen molar-refractivity contribution >= 4 is 61.0 Å². The minimum absolute atomic E-state index is 0.0145. The number of piperidine rings is 2. The van der Waals surface area contributed by atoms with Crippen LogP contribution in [-0.4, -0.2) is 184 Å². The fourth-order valence-corrected chi connectivity index (χ4v) is 18.9. The van der Waals surface area contributed by atoms with Gasteiger partial charge in [-0.05, 0) is 189 Å². The number of anilines is 3. The van der Waals surface area contributed by atoms with Gasteiger partial charge in [0.05, 0.1) is 23.2 Å². The Morgan fingerprint density at radius 3 is 1.31 bits per heavy atom. The van der Waals surface area contributed by atoms with Gasteiger partial charge in [-0.3, -0.25) is 9.80 Å². The van der Waals surface area contributed by atoms with E-state index in [9.17, 15) is 23.7 Å². The molecule has 0 bridgehead atoms. The second-order valence-corrected chi connectivity index (χ2v) is 33.8. The molecule has 0 radical (unpaired) electrons. The summed E-state index contributed by atoms with van der Waals surface area (Å²) in [5, 5.41) is 43.1. The summed E-state index contributed by atoms with van der Waals surface area (Å²) in [7, 11) is -1.53. The van der Waals surface area contributed by atoms with Gasteiger partial charge in [-0.15, -0.1) is 0 Å². The summed E-state index contributed by atoms with van der Waals surface area (Å²) in [6, 6.07) is 23.5. The van der Waals surface area contributed by atoms with Gasteiger partial charge in [0.25, 0.3) is 0 Å². The van der Waals surface area contributed by atoms with Crippen LogP contribution in [0.5, 0.6) is 0 Å². The maximum absolute atomic E-state index is 15.6. The molecule has 6 N–H and O–H groups in total. The van der Waals surface area contributed by atoms with Gasteiger partial charge >= 0.3 is 0 Å². The highest BCUT2D eigenvalue weighted by atomic mass is 32.2. The lowest BCUT2D eigenvalue weighted by atomic mass is 9.93. The number of unbranched alkanes of at least 4 members (excludes halogenated alkanes) is 3. The molecule has 21 nitrogen and oxygen atoms in total. The molecule has 4 saturated carbocycles. The number of likely N-dealkylation sites (N-methyl/N-ethyl adjacent to an activating group) is 1. The average molecular weight is 1490 g/mol. The minimum atomic E-state index is -3.73. The molecule has 23 heteroatoms. The molecule has 108 heavy (non-hydrogen) atoms. The van der Waals surface area contributed by atoms with Gasteiger partial charge in [0.1, 0.15) is 22.8 Å². The summed E-state index contributed by atoms with van der Waals surface area (Å²) in [4.78, 5) is 36.2. The number of hydrogen-bond acceptors (Lipinski definition) is 17. The zero-order valence-electron chi connectivity index (χ0n) is 64.4. The molecule has 9 aromatic rings. The lowest BCUT2D eigenvalue weighted by Crippen LogP contribution is -2.43. The van der Waals surface area contributed by atoms with E-state index in [1.165, 1.54) is 88.9 Å². The summed E-state index contributed by atoms with van der Waals surface area (Å²) in [6.45, 7) is 18.1. The fourth-order valence-electron chi connectivity index (χ4n) is 17.4. The van der Waals surface area contributed by atoms with Crippen molar-refractivity contribution in [1.29, 1.82) is 0 Å². The van der Waals surface area contributed by atoms with Crippen LogP contribution in [0.25, 0.3) is 66.5 Å². The number of hydrogen-bond donors (Lipinski definition) is 6. The molecular weight excluding hydrogens is 1380 g/mol. The van der Waals surface area contributed by atoms with Crippen molar-refractivity contribution in [1.82, 2.24) is 62.6 Å². The zero-order valence-corrected chi connectivity index (χ0v) is 65.2. The monoisotopic (exact) mass is 1490 g/mol. The van der Waals surface area contributed by atoms with Crippen molar-refractivity contribution < 1.29 is 28.1 Å². The standard InChI is InChI=1S/C30H41N5O.C28H40N6O.C27H36FN5O3S/c1-2-3-17-31-29-32-20-26-27(21-35(28(26)33-29)24-11-13-25(36)14-12-24)22-7-9-23(10-8-22)30(15-16-30)34-18-5-4-6-19-34;1-3-4-13-29-28-30-18-25-26(20-34(27(25)31-28)23-9-11-24(35)12-10-23)22-7-5-21(6-8-22)19-33-16-14-32(2)15-17-33;1-2-3-13-29-27-30-17-23-24(18-33(26(23)31-27)19-7-9-20(34)10-8-19)22-12-11-21(16-25(22)28)37(35,36)32-14-5-4-6-15-32/h7-10,20-21,24-25,36H,2-6,11-19H2,1H3,(H,31,32,33);5-8,18,20,23-24,35H,3-4,9-17,19H2,1-2H3,(H,29,30,31);11-12,16-20,34H,2-10,13-15H2,1H3,(H,29,30,31). The Balaban J connectivity index is 0.000000136. The predicted molar refractivity (Wildman–Crippen MR) is 431 cm³/mol. The van der Waals surface area contributed by atoms with E-state index >= 15 is 4.39 Å². The number of fused-ring (bicyclic) bond motifs is 3. The van der Waals surface area contributed by atoms with Crippen LogP contribution in [0.15, 0.2) is 109 Å². The first kappa shape index (κ1) is 77.3. The lowest BCUT2D eigenvalue weighted by Gasteiger charge is -2.35. The molecule has 580 valence electrons. The Labute approximate surface area is 638 Å². The van der Waals surface area contributed by atoms with Crippen LogP contribution in [0.2, 0.25) is 0 Å². The van der Waals surface area contributed by atoms with Crippen LogP contribution >= 0.6 is 0 Å². The Kier molecular flexibility index (Phi) is 25.5. The molecule has 3 aromatic carbocycles. The molecule has 7 aliphatic rings. The van der Waals surface area contributed by atoms with Crippen molar-refractivity contribution in [2.24, 2.45) is 0 Å². The predicted octanol–water partition coefficient (Wildman–Crippen LogP) is 15.9. The summed E-state index contributed by atoms with van der Waals surface area (Å²) in [5.41, 5.74) is 11.7. The number of piperazine rings is 1. The Morgan fingerprint density at radius 2 is 0.889 bits per heavy atom. The van der Waals surface area contributed by atoms with E-state index in [1.54, 1.807) is 12.3 Å². The minimum Gasteiger partial charge on any atom is -0.393 e. The highest BCUT2D eigenvalue weighted by Gasteiger charge is 2.49. The highest BCUT2D eigenvalue weighted by molar-refractivity contribution is 7.89. The van der Waals surface area contributed by atoms with E-state index in [0.29, 0.717) is 67.0 Å². The van der Waals surface area contributed by atoms with Crippen LogP contribution in [-0.2, 0) is 22.1 Å². The van der Waals surface area contributed by atoms with Crippen molar-refractivity contribution in [2.45, 2.75) is 241 Å². The molecular formula is C85H117FN16O5S. The topological polar surface area (TPSA) is 236 Å². The number of aromatic nitrogens is 9. The second-order valence-electron chi connectivity index (χ2n) is 31.9. The molecule has 0 unspecified atom stereocenters. The van der Waals surface area contributed by atoms with Crippen LogP contribution in [0.3, 0.4) is 0 Å². The molecule has 0 atom stereocenters. The third-order valence-corrected chi connectivity index (χ3v) is 26.1. The Bertz CT molecular complexity index is 4520. The molecule has 0 amide bonds. The van der Waals surface area contributed by atoms with Crippen molar-refractivity contribution in [3.8, 4) is 33.4 Å². The van der Waals surface area contributed by atoms with E-state index in [1.807, 2.05) is 18.6 Å². The molecule has 7 fully saturated rings. The number of aliphatic hydroxyl groups is 3. The van der Waals surface area contributed by atoms with Gasteiger partial charge in [-0.25, -0.2) is 27.8 Å². The second kappa shape index (κ2) is 35.7. The molecule has 4 aliphatic carbocycles. The maximum atomic E-state index is 15.6. The van der Waals surface area contributed by atoms with Gasteiger partial charge in [0, 0.05) is 165 Å². The summed E-state index contributed by atoms with van der Waals surface area (Å²) >= 11 is 0. The smallest absolute Gasteiger partial charge is 0.243 e. The van der Waals surface area contributed by atoms with E-state index in [-0.39, 0.29) is 34.8 Å². The molecule has 9 heterocycles. The fraction of sp³-hybridized carbons (Fsp3) is 0.576. The number of aliphatic hydroxyl groups excluding tert-OH is 3. The molecule has 6 aromatic heterocycles. The van der Waals surface area contributed by atoms with Crippen molar-refractivity contribution in [3.63, 3.8) is 0 Å². The highest BCUT2D eigenvalue weighted by Crippen LogP contribution is 2.52. The number of sulfonamides is 1. The van der Waals surface area contributed by atoms with Crippen LogP contribution in [0, 0.1) is 5.82 Å². The summed E-state index contributed by atoms with van der Waals surface area (Å²) in [6.07, 6.45) is 37.9. The van der Waals surface area contributed by atoms with E-state index in [4.69, 9.17) is 15.0 Å². The van der Waals surface area contributed by atoms with Crippen molar-refractivity contribution in [3.05, 3.63) is 121 Å². The summed E-state index contributed by atoms with van der Waals surface area (Å²) in [5.74, 6) is 1.37. The van der Waals surface area contributed by atoms with Crippen LogP contribution in [0.1, 0.15) is 217 Å². The van der Waals surface area contributed by atoms with Gasteiger partial charge in [0.15, 0.2) is 0 Å².